The van der Waals surface area contributed by atoms with Gasteiger partial charge in [0.25, 0.3) is 0 Å². The van der Waals surface area contributed by atoms with Crippen molar-refractivity contribution in [2.45, 2.75) is 32.2 Å². The molecule has 0 spiro atoms. The first-order valence-corrected chi connectivity index (χ1v) is 5.72. The zero-order chi connectivity index (χ0) is 12.3. The Morgan fingerprint density at radius 3 is 3.06 bits per heavy atom. The van der Waals surface area contributed by atoms with Gasteiger partial charge < -0.3 is 19.9 Å². The van der Waals surface area contributed by atoms with Crippen LogP contribution in [0, 0.1) is 0 Å². The number of hydrogen-bond acceptors (Lipinski definition) is 5. The topological polar surface area (TPSA) is 66.6 Å². The number of ether oxygens (including phenoxy) is 3. The first kappa shape index (κ1) is 12.1. The predicted molar refractivity (Wildman–Crippen MR) is 63.7 cm³/mol. The van der Waals surface area contributed by atoms with Crippen LogP contribution in [-0.2, 0) is 9.47 Å². The van der Waals surface area contributed by atoms with Crippen LogP contribution in [0.5, 0.6) is 5.88 Å². The normalized spacial score (nSPS) is 23.3. The van der Waals surface area contributed by atoms with Crippen molar-refractivity contribution in [2.24, 2.45) is 0 Å². The smallest absolute Gasteiger partial charge is 0.215 e. The fourth-order valence-electron chi connectivity index (χ4n) is 1.74. The predicted octanol–water partition coefficient (Wildman–Crippen LogP) is 1.58. The largest absolute Gasteiger partial charge is 0.475 e. The maximum absolute atomic E-state index is 5.72. The first-order valence-electron chi connectivity index (χ1n) is 5.72. The molecule has 0 aromatic carbocycles. The van der Waals surface area contributed by atoms with Crippen LogP contribution in [0.3, 0.4) is 0 Å². The van der Waals surface area contributed by atoms with Crippen LogP contribution in [0.15, 0.2) is 18.2 Å². The summed E-state index contributed by atoms with van der Waals surface area (Å²) in [4.78, 5) is 4.06. The molecule has 2 N–H and O–H groups in total. The third-order valence-electron chi connectivity index (χ3n) is 2.50. The minimum atomic E-state index is -0.532. The van der Waals surface area contributed by atoms with Crippen LogP contribution in [0.2, 0.25) is 0 Å². The summed E-state index contributed by atoms with van der Waals surface area (Å²) < 4.78 is 16.7. The van der Waals surface area contributed by atoms with Gasteiger partial charge in [0.15, 0.2) is 5.79 Å². The number of rotatable bonds is 3. The van der Waals surface area contributed by atoms with Gasteiger partial charge in [0, 0.05) is 12.5 Å². The van der Waals surface area contributed by atoms with E-state index in [0.717, 1.165) is 6.42 Å². The molecule has 5 heteroatoms. The van der Waals surface area contributed by atoms with E-state index in [1.165, 1.54) is 0 Å². The lowest BCUT2D eigenvalue weighted by Crippen LogP contribution is -2.42. The first-order chi connectivity index (χ1) is 8.05. The summed E-state index contributed by atoms with van der Waals surface area (Å²) in [6, 6.07) is 5.31. The van der Waals surface area contributed by atoms with E-state index >= 15 is 0 Å². The second-order valence-electron chi connectivity index (χ2n) is 4.49. The molecule has 1 aliphatic heterocycles. The highest BCUT2D eigenvalue weighted by Crippen LogP contribution is 2.22. The molecule has 0 unspecified atom stereocenters. The number of nitrogen functional groups attached to an aromatic ring is 1. The Labute approximate surface area is 101 Å². The van der Waals surface area contributed by atoms with Crippen molar-refractivity contribution >= 4 is 5.82 Å². The molecule has 2 rings (SSSR count). The van der Waals surface area contributed by atoms with Crippen LogP contribution in [-0.4, -0.2) is 30.1 Å². The highest BCUT2D eigenvalue weighted by atomic mass is 16.7. The van der Waals surface area contributed by atoms with Gasteiger partial charge in [0.1, 0.15) is 12.4 Å². The second-order valence-corrected chi connectivity index (χ2v) is 4.49. The van der Waals surface area contributed by atoms with Crippen molar-refractivity contribution in [1.82, 2.24) is 4.98 Å². The number of aromatic nitrogens is 1. The Balaban J connectivity index is 1.86. The maximum atomic E-state index is 5.72. The van der Waals surface area contributed by atoms with Gasteiger partial charge in [-0.1, -0.05) is 6.07 Å². The summed E-state index contributed by atoms with van der Waals surface area (Å²) >= 11 is 0. The van der Waals surface area contributed by atoms with E-state index in [9.17, 15) is 0 Å². The Bertz CT molecular complexity index is 382. The van der Waals surface area contributed by atoms with Crippen molar-refractivity contribution in [2.75, 3.05) is 18.9 Å². The molecule has 2 heterocycles. The molecule has 94 valence electrons. The molecule has 0 aliphatic carbocycles. The molecule has 1 aromatic rings. The van der Waals surface area contributed by atoms with Crippen molar-refractivity contribution in [1.29, 1.82) is 0 Å². The quantitative estimate of drug-likeness (QED) is 0.866. The average Bonchev–Trinajstić information content (AvgIpc) is 2.25. The molecule has 0 saturated carbocycles. The summed E-state index contributed by atoms with van der Waals surface area (Å²) in [7, 11) is 0. The van der Waals surface area contributed by atoms with Crippen LogP contribution in [0.1, 0.15) is 20.3 Å². The van der Waals surface area contributed by atoms with Gasteiger partial charge in [0.2, 0.25) is 5.88 Å². The number of hydrogen-bond donors (Lipinski definition) is 1. The van der Waals surface area contributed by atoms with Crippen LogP contribution in [0.25, 0.3) is 0 Å². The van der Waals surface area contributed by atoms with Gasteiger partial charge in [0.05, 0.1) is 12.7 Å². The van der Waals surface area contributed by atoms with Crippen LogP contribution >= 0.6 is 0 Å². The van der Waals surface area contributed by atoms with E-state index in [-0.39, 0.29) is 6.10 Å². The summed E-state index contributed by atoms with van der Waals surface area (Å²) in [5.74, 6) is 0.448. The monoisotopic (exact) mass is 238 g/mol. The summed E-state index contributed by atoms with van der Waals surface area (Å²) in [5.41, 5.74) is 5.57. The van der Waals surface area contributed by atoms with Crippen molar-refractivity contribution in [3.05, 3.63) is 18.2 Å². The van der Waals surface area contributed by atoms with E-state index in [1.807, 2.05) is 19.9 Å². The van der Waals surface area contributed by atoms with Gasteiger partial charge in [-0.25, -0.2) is 0 Å². The van der Waals surface area contributed by atoms with Gasteiger partial charge in [-0.3, -0.25) is 0 Å². The standard InChI is InChI=1S/C12H18N2O3/c1-12(2)16-7-6-9(17-12)8-15-11-5-3-4-10(13)14-11/h3-5,9H,6-8H2,1-2H3,(H2,13,14)/t9-/m1/s1. The van der Waals surface area contributed by atoms with E-state index in [1.54, 1.807) is 12.1 Å². The van der Waals surface area contributed by atoms with E-state index in [4.69, 9.17) is 19.9 Å². The maximum Gasteiger partial charge on any atom is 0.215 e. The van der Waals surface area contributed by atoms with E-state index < -0.39 is 5.79 Å². The highest BCUT2D eigenvalue weighted by Gasteiger charge is 2.29. The zero-order valence-electron chi connectivity index (χ0n) is 10.2. The second kappa shape index (κ2) is 4.89. The van der Waals surface area contributed by atoms with E-state index in [2.05, 4.69) is 4.98 Å². The number of pyridine rings is 1. The molecule has 1 atom stereocenters. The van der Waals surface area contributed by atoms with Gasteiger partial charge >= 0.3 is 0 Å². The molecule has 5 nitrogen and oxygen atoms in total. The van der Waals surface area contributed by atoms with Crippen molar-refractivity contribution in [3.8, 4) is 5.88 Å². The van der Waals surface area contributed by atoms with Gasteiger partial charge in [-0.05, 0) is 19.9 Å². The SMILES string of the molecule is CC1(C)OCC[C@H](COc2cccc(N)n2)O1. The number of nitrogens with two attached hydrogens (primary N) is 1. The zero-order valence-corrected chi connectivity index (χ0v) is 10.2. The molecule has 0 radical (unpaired) electrons. The minimum absolute atomic E-state index is 0.0296. The average molecular weight is 238 g/mol. The molecule has 0 amide bonds. The lowest BCUT2D eigenvalue weighted by atomic mass is 10.2. The Hall–Kier alpha value is -1.33. The number of anilines is 1. The number of nitrogens with zero attached hydrogens (tertiary/aromatic N) is 1. The summed E-state index contributed by atoms with van der Waals surface area (Å²) in [6.45, 7) is 4.95. The Kier molecular flexibility index (Phi) is 3.49. The molecular weight excluding hydrogens is 220 g/mol. The molecule has 1 aliphatic rings. The summed E-state index contributed by atoms with van der Waals surface area (Å²) in [5, 5.41) is 0. The Morgan fingerprint density at radius 1 is 1.53 bits per heavy atom. The van der Waals surface area contributed by atoms with Crippen LogP contribution < -0.4 is 10.5 Å². The third-order valence-corrected chi connectivity index (χ3v) is 2.50. The molecule has 1 saturated heterocycles. The van der Waals surface area contributed by atoms with E-state index in [0.29, 0.717) is 24.9 Å². The van der Waals surface area contributed by atoms with Crippen molar-refractivity contribution in [3.63, 3.8) is 0 Å². The third kappa shape index (κ3) is 3.57. The Morgan fingerprint density at radius 2 is 2.35 bits per heavy atom. The molecule has 1 fully saturated rings. The van der Waals surface area contributed by atoms with Gasteiger partial charge in [-0.15, -0.1) is 0 Å². The summed E-state index contributed by atoms with van der Waals surface area (Å²) in [6.07, 6.45) is 0.855. The lowest BCUT2D eigenvalue weighted by molar-refractivity contribution is -0.276. The van der Waals surface area contributed by atoms with Crippen molar-refractivity contribution < 1.29 is 14.2 Å². The molecule has 17 heavy (non-hydrogen) atoms. The minimum Gasteiger partial charge on any atom is -0.475 e. The van der Waals surface area contributed by atoms with Crippen LogP contribution in [0.4, 0.5) is 5.82 Å². The fourth-order valence-corrected chi connectivity index (χ4v) is 1.74. The molecular formula is C12H18N2O3. The lowest BCUT2D eigenvalue weighted by Gasteiger charge is -2.35. The molecule has 0 bridgehead atoms. The molecule has 1 aromatic heterocycles. The van der Waals surface area contributed by atoms with Gasteiger partial charge in [-0.2, -0.15) is 4.98 Å². The highest BCUT2D eigenvalue weighted by molar-refractivity contribution is 5.31. The fraction of sp³-hybridized carbons (Fsp3) is 0.583.